The van der Waals surface area contributed by atoms with Gasteiger partial charge in [0.25, 0.3) is 0 Å². The molecule has 18 atom stereocenters. The highest BCUT2D eigenvalue weighted by atomic mass is 16.4. The lowest BCUT2D eigenvalue weighted by molar-refractivity contribution is -0.138. The number of hydrogen-bond acceptors (Lipinski definition) is 21. The molecule has 15 amide bonds. The topological polar surface area (TPSA) is 584 Å². The predicted molar refractivity (Wildman–Crippen MR) is 566 cm³/mol. The predicted octanol–water partition coefficient (Wildman–Crippen LogP) is 7.58. The largest absolute Gasteiger partial charge is 0.481 e. The second kappa shape index (κ2) is 75.5. The molecule has 0 aliphatic heterocycles. The van der Waals surface area contributed by atoms with Crippen LogP contribution in [0.4, 0.5) is 0 Å². The molecule has 2 aromatic rings. The molecule has 0 spiro atoms. The molecule has 2 aromatic carbocycles. The van der Waals surface area contributed by atoms with Gasteiger partial charge < -0.3 is 111 Å². The van der Waals surface area contributed by atoms with Crippen LogP contribution in [0.15, 0.2) is 60.7 Å². The number of likely N-dealkylation sites (N-methyl/N-ethyl adjacent to an activating group) is 3. The second-order valence-corrected chi connectivity index (χ2v) is 40.6. The SMILES string of the molecule is CCC[C@H](NC(=O)[C@@H](NC(=O)CCCC(=O)O)[C@@H](C)CC)C(=O)N[C@H](CN[C@@H](C)C(=O)N[C@H](C(=O)NCC)C(C)C)CC(C)C.CCNC(=O)[C@@H](NC(=O)[C@H](C)NC[C@H](CC(C)C)NC(=O)[C@H](CCc1ccccc1)NC(=O)[C@@H](NC(=O)CCCC(=O)O)[C@@H](C)CC)C(C)C.CCNC(=O)[C@@H](NC(=O)[C@H](CC)NC[C@H](CC(C)C)NC(=O)[C@H](CCc1ccccc1)NC(=O)[C@@H](NC(=O)CCCC(=O)O)[C@@H](C)CC)C(C)C. The highest BCUT2D eigenvalue weighted by Gasteiger charge is 2.38. The highest BCUT2D eigenvalue weighted by Crippen LogP contribution is 2.20. The lowest BCUT2D eigenvalue weighted by atomic mass is 9.96. The molecular weight excluding hydrogens is 1870 g/mol. The molecule has 21 N–H and O–H groups in total. The molecule has 39 nitrogen and oxygen atoms in total. The molecule has 0 aliphatic rings. The third-order valence-corrected chi connectivity index (χ3v) is 25.0. The summed E-state index contributed by atoms with van der Waals surface area (Å²) in [5, 5.41) is 79.2. The summed E-state index contributed by atoms with van der Waals surface area (Å²) in [5.41, 5.74) is 2.00. The monoisotopic (exact) mass is 2060 g/mol. The third kappa shape index (κ3) is 57.8. The first-order valence-electron chi connectivity index (χ1n) is 53.2. The number of carboxylic acids is 3. The number of carbonyl (C=O) groups excluding carboxylic acids is 15. The summed E-state index contributed by atoms with van der Waals surface area (Å²) >= 11 is 0. The van der Waals surface area contributed by atoms with E-state index in [4.69, 9.17) is 15.3 Å². The van der Waals surface area contributed by atoms with Gasteiger partial charge in [-0.25, -0.2) is 0 Å². The first-order chi connectivity index (χ1) is 68.8. The van der Waals surface area contributed by atoms with Crippen molar-refractivity contribution in [2.75, 3.05) is 39.3 Å². The van der Waals surface area contributed by atoms with Gasteiger partial charge in [0.1, 0.15) is 54.4 Å². The number of nitrogens with one attached hydrogen (secondary N) is 18. The van der Waals surface area contributed by atoms with Gasteiger partial charge in [0, 0.05) is 95.9 Å². The number of benzene rings is 2. The Balaban J connectivity index is 0.00000217. The Bertz CT molecular complexity index is 4260. The maximum absolute atomic E-state index is 14.0. The van der Waals surface area contributed by atoms with Crippen molar-refractivity contribution in [2.45, 2.75) is 405 Å². The van der Waals surface area contributed by atoms with Crippen molar-refractivity contribution in [1.82, 2.24) is 95.7 Å². The molecule has 0 radical (unpaired) electrons. The van der Waals surface area contributed by atoms with E-state index in [1.165, 1.54) is 0 Å². The van der Waals surface area contributed by atoms with Gasteiger partial charge in [-0.1, -0.05) is 225 Å². The Labute approximate surface area is 868 Å². The molecule has 2 rings (SSSR count). The van der Waals surface area contributed by atoms with E-state index in [1.807, 2.05) is 220 Å². The molecule has 0 heterocycles. The second-order valence-electron chi connectivity index (χ2n) is 40.6. The van der Waals surface area contributed by atoms with E-state index < -0.39 is 126 Å². The lowest BCUT2D eigenvalue weighted by Gasteiger charge is -2.29. The summed E-state index contributed by atoms with van der Waals surface area (Å²) in [5.74, 6) is -8.91. The minimum absolute atomic E-state index is 0.0181. The van der Waals surface area contributed by atoms with Crippen LogP contribution in [0.3, 0.4) is 0 Å². The van der Waals surface area contributed by atoms with Crippen molar-refractivity contribution in [1.29, 1.82) is 0 Å². The van der Waals surface area contributed by atoms with Gasteiger partial charge in [-0.2, -0.15) is 0 Å². The Morgan fingerprint density at radius 1 is 0.260 bits per heavy atom. The maximum atomic E-state index is 14.0. The van der Waals surface area contributed by atoms with E-state index >= 15 is 0 Å². The van der Waals surface area contributed by atoms with Gasteiger partial charge in [0.2, 0.25) is 88.6 Å². The fourth-order valence-corrected chi connectivity index (χ4v) is 15.8. The van der Waals surface area contributed by atoms with Gasteiger partial charge in [-0.3, -0.25) is 86.3 Å². The van der Waals surface area contributed by atoms with Gasteiger partial charge in [0.05, 0.1) is 18.1 Å². The van der Waals surface area contributed by atoms with Crippen molar-refractivity contribution in [3.8, 4) is 0 Å². The highest BCUT2D eigenvalue weighted by molar-refractivity contribution is 5.96. The summed E-state index contributed by atoms with van der Waals surface area (Å²) in [6, 6.07) is 8.86. The molecule has 39 heteroatoms. The van der Waals surface area contributed by atoms with E-state index in [2.05, 4.69) is 95.7 Å². The van der Waals surface area contributed by atoms with Crippen LogP contribution in [0, 0.1) is 53.3 Å². The Kier molecular flexibility index (Phi) is 69.7. The van der Waals surface area contributed by atoms with Gasteiger partial charge in [-0.05, 0) is 176 Å². The third-order valence-electron chi connectivity index (χ3n) is 25.0. The number of aryl methyl sites for hydroxylation is 2. The van der Waals surface area contributed by atoms with Crippen molar-refractivity contribution in [3.05, 3.63) is 71.8 Å². The van der Waals surface area contributed by atoms with Gasteiger partial charge in [-0.15, -0.1) is 0 Å². The standard InChI is InChI=1S/C38H64N6O7.C37H62N6O7.C32H60N6O7/c1-9-26(8)34(43-31(45)18-15-19-32(46)47)38(51)42-30(21-20-27-16-13-12-14-17-27)36(49)41-28(22-24(4)5)23-40-29(10-2)35(48)44-33(25(6)7)37(50)39-11-3;1-9-25(7)33(42-30(44)17-14-18-31(45)46)37(50)41-29(20-19-27-15-12-11-13-16-27)35(48)40-28(21-23(3)4)22-39-26(8)34(47)43-32(24(5)6)36(49)38-10-2;1-10-14-24(36-32(45)28(21(8)11-2)37-25(39)15-13-16-26(40)41)30(43)35-23(17-19(4)5)18-34-22(9)29(42)38-27(20(6)7)31(44)33-12-3/h12-14,16-17,24-26,28-30,33-34,40H,9-11,15,18-23H2,1-8H3,(H,39,50)(H,41,49)(H,42,51)(H,43,45)(H,44,48)(H,46,47);11-13,15-16,23-26,28-29,32-33,39H,9-10,14,17-22H2,1-8H3,(H,38,49)(H,40,48)(H,41,50)(H,42,44)(H,43,47)(H,45,46);19-24,27-28,34H,10-18H2,1-9H3,(H,33,44)(H,35,43)(H,36,45)(H,37,39)(H,38,42)(H,40,41)/t26-,28-,29-,30-,33-,34-;25-,26-,28-,29-,32-,33-;21-,22-,23-,24-,27-,28-/m000/s1. The average Bonchev–Trinajstić information content (AvgIpc) is 0.866. The smallest absolute Gasteiger partial charge is 0.303 e. The van der Waals surface area contributed by atoms with E-state index in [0.717, 1.165) is 11.1 Å². The molecular formula is C107H186N18O21. The number of amides is 15. The fraction of sp³-hybridized carbons (Fsp3) is 0.720. The molecule has 146 heavy (non-hydrogen) atoms. The van der Waals surface area contributed by atoms with Crippen LogP contribution in [0.2, 0.25) is 0 Å². The molecule has 0 aliphatic carbocycles. The summed E-state index contributed by atoms with van der Waals surface area (Å²) in [4.78, 5) is 229. The average molecular weight is 2060 g/mol. The maximum Gasteiger partial charge on any atom is 0.303 e. The first kappa shape index (κ1) is 135. The molecule has 830 valence electrons. The molecule has 0 saturated carbocycles. The van der Waals surface area contributed by atoms with Crippen LogP contribution < -0.4 is 95.7 Å². The van der Waals surface area contributed by atoms with Crippen LogP contribution >= 0.6 is 0 Å². The Morgan fingerprint density at radius 3 is 0.760 bits per heavy atom. The number of carboxylic acid groups (broad SMARTS) is 3. The van der Waals surface area contributed by atoms with Crippen LogP contribution in [-0.2, 0) is 99.1 Å². The van der Waals surface area contributed by atoms with Crippen LogP contribution in [0.25, 0.3) is 0 Å². The zero-order chi connectivity index (χ0) is 111. The van der Waals surface area contributed by atoms with E-state index in [0.29, 0.717) is 110 Å². The Hall–Kier alpha value is -11.2. The zero-order valence-corrected chi connectivity index (χ0v) is 92.1. The molecule has 0 aromatic heterocycles. The first-order valence-corrected chi connectivity index (χ1v) is 53.2. The Morgan fingerprint density at radius 2 is 0.521 bits per heavy atom. The van der Waals surface area contributed by atoms with E-state index in [9.17, 15) is 86.3 Å². The summed E-state index contributed by atoms with van der Waals surface area (Å²) in [7, 11) is 0. The van der Waals surface area contributed by atoms with Crippen molar-refractivity contribution >= 4 is 107 Å². The van der Waals surface area contributed by atoms with Gasteiger partial charge >= 0.3 is 17.9 Å². The van der Waals surface area contributed by atoms with Crippen LogP contribution in [0.1, 0.15) is 313 Å². The zero-order valence-electron chi connectivity index (χ0n) is 92.1. The fourth-order valence-electron chi connectivity index (χ4n) is 15.8. The van der Waals surface area contributed by atoms with Crippen LogP contribution in [-0.4, -0.2) is 252 Å². The summed E-state index contributed by atoms with van der Waals surface area (Å²) in [6.07, 6.45) is 6.64. The normalized spacial score (nSPS) is 15.0. The quantitative estimate of drug-likeness (QED) is 0.0303. The van der Waals surface area contributed by atoms with E-state index in [-0.39, 0.29) is 195 Å². The molecule has 0 fully saturated rings. The molecule has 0 unspecified atom stereocenters. The molecule has 0 saturated heterocycles. The number of carbonyl (C=O) groups is 18. The van der Waals surface area contributed by atoms with Crippen molar-refractivity contribution in [2.24, 2.45) is 53.3 Å². The number of aliphatic carboxylic acids is 3. The van der Waals surface area contributed by atoms with Crippen molar-refractivity contribution < 1.29 is 102 Å². The lowest BCUT2D eigenvalue weighted by Crippen LogP contribution is -2.58. The number of rotatable bonds is 72. The minimum Gasteiger partial charge on any atom is -0.481 e. The molecule has 0 bridgehead atoms. The minimum atomic E-state index is -0.999. The van der Waals surface area contributed by atoms with Crippen molar-refractivity contribution in [3.63, 3.8) is 0 Å². The number of hydrogen-bond donors (Lipinski definition) is 21. The van der Waals surface area contributed by atoms with E-state index in [1.54, 1.807) is 13.8 Å². The van der Waals surface area contributed by atoms with Crippen LogP contribution in [0.5, 0.6) is 0 Å². The summed E-state index contributed by atoms with van der Waals surface area (Å²) in [6.45, 7) is 49.4. The summed E-state index contributed by atoms with van der Waals surface area (Å²) < 4.78 is 0. The van der Waals surface area contributed by atoms with Gasteiger partial charge in [0.15, 0.2) is 0 Å².